The molecule has 16 heavy (non-hydrogen) atoms. The smallest absolute Gasteiger partial charge is 0.213 e. The number of hydrogen-bond acceptors (Lipinski definition) is 3. The van der Waals surface area contributed by atoms with Gasteiger partial charge in [-0.2, -0.15) is 0 Å². The summed E-state index contributed by atoms with van der Waals surface area (Å²) in [7, 11) is 1.62. The molecular formula is C13H13NO2. The van der Waals surface area contributed by atoms with Crippen molar-refractivity contribution in [2.45, 2.75) is 19.3 Å². The first-order valence-electron chi connectivity index (χ1n) is 5.56. The second-order valence-corrected chi connectivity index (χ2v) is 4.35. The number of methoxy groups -OCH3 is 1. The molecule has 1 aromatic rings. The number of carbonyl (C=O) groups excluding carboxylic acids is 1. The molecule has 0 radical (unpaired) electrons. The maximum absolute atomic E-state index is 11.4. The highest BCUT2D eigenvalue weighted by molar-refractivity contribution is 6.00. The Labute approximate surface area is 94.1 Å². The average Bonchev–Trinajstić information content (AvgIpc) is 2.66. The molecule has 0 aliphatic heterocycles. The fraction of sp³-hybridized carbons (Fsp3) is 0.385. The van der Waals surface area contributed by atoms with Crippen molar-refractivity contribution >= 4 is 11.4 Å². The summed E-state index contributed by atoms with van der Waals surface area (Å²) in [5.41, 5.74) is 3.39. The van der Waals surface area contributed by atoms with Gasteiger partial charge in [-0.05, 0) is 42.0 Å². The summed E-state index contributed by atoms with van der Waals surface area (Å²) in [6, 6.07) is 3.88. The molecule has 0 saturated heterocycles. The lowest BCUT2D eigenvalue weighted by atomic mass is 9.88. The standard InChI is InChI=1S/C13H13NO2/c1-16-13-5-4-10-11-7-9(15)3-2-8(11)6-12(10)14-13/h4-5,7-8H,2-3,6H2,1H3. The minimum Gasteiger partial charge on any atom is -0.481 e. The van der Waals surface area contributed by atoms with Crippen LogP contribution >= 0.6 is 0 Å². The van der Waals surface area contributed by atoms with Crippen LogP contribution in [0.2, 0.25) is 0 Å². The zero-order valence-corrected chi connectivity index (χ0v) is 9.19. The Morgan fingerprint density at radius 1 is 1.44 bits per heavy atom. The lowest BCUT2D eigenvalue weighted by molar-refractivity contribution is -0.115. The predicted octanol–water partition coefficient (Wildman–Crippen LogP) is 2.01. The Balaban J connectivity index is 2.08. The summed E-state index contributed by atoms with van der Waals surface area (Å²) in [6.45, 7) is 0. The van der Waals surface area contributed by atoms with E-state index in [1.165, 1.54) is 5.57 Å². The van der Waals surface area contributed by atoms with Crippen molar-refractivity contribution in [3.05, 3.63) is 29.5 Å². The molecule has 1 aromatic heterocycles. The van der Waals surface area contributed by atoms with E-state index in [0.29, 0.717) is 18.2 Å². The van der Waals surface area contributed by atoms with E-state index in [1.807, 2.05) is 12.1 Å². The summed E-state index contributed by atoms with van der Waals surface area (Å²) >= 11 is 0. The van der Waals surface area contributed by atoms with Crippen molar-refractivity contribution < 1.29 is 9.53 Å². The maximum Gasteiger partial charge on any atom is 0.213 e. The van der Waals surface area contributed by atoms with E-state index in [2.05, 4.69) is 4.98 Å². The number of rotatable bonds is 1. The monoisotopic (exact) mass is 215 g/mol. The Hall–Kier alpha value is -1.64. The zero-order valence-electron chi connectivity index (χ0n) is 9.19. The number of nitrogens with zero attached hydrogens (tertiary/aromatic N) is 1. The molecule has 2 aliphatic rings. The van der Waals surface area contributed by atoms with Gasteiger partial charge in [-0.3, -0.25) is 4.79 Å². The number of carbonyl (C=O) groups is 1. The van der Waals surface area contributed by atoms with E-state index in [4.69, 9.17) is 4.74 Å². The molecule has 3 heteroatoms. The van der Waals surface area contributed by atoms with E-state index in [-0.39, 0.29) is 5.78 Å². The summed E-state index contributed by atoms with van der Waals surface area (Å²) in [6.07, 6.45) is 4.39. The van der Waals surface area contributed by atoms with Crippen LogP contribution in [0.25, 0.3) is 5.57 Å². The molecule has 0 N–H and O–H groups in total. The molecule has 0 bridgehead atoms. The van der Waals surface area contributed by atoms with Gasteiger partial charge in [-0.25, -0.2) is 4.98 Å². The molecule has 0 amide bonds. The minimum atomic E-state index is 0.245. The normalized spacial score (nSPS) is 22.4. The molecule has 3 rings (SSSR count). The van der Waals surface area contributed by atoms with Gasteiger partial charge in [0.25, 0.3) is 0 Å². The number of fused-ring (bicyclic) bond motifs is 3. The third kappa shape index (κ3) is 1.35. The molecule has 1 atom stereocenters. The van der Waals surface area contributed by atoms with Gasteiger partial charge in [0.15, 0.2) is 5.78 Å². The SMILES string of the molecule is COc1ccc2c(n1)CC1CCC(=O)C=C21. The lowest BCUT2D eigenvalue weighted by Gasteiger charge is -2.15. The molecular weight excluding hydrogens is 202 g/mol. The van der Waals surface area contributed by atoms with E-state index in [0.717, 1.165) is 24.1 Å². The highest BCUT2D eigenvalue weighted by Gasteiger charge is 2.31. The predicted molar refractivity (Wildman–Crippen MR) is 60.2 cm³/mol. The van der Waals surface area contributed by atoms with Gasteiger partial charge in [0.1, 0.15) is 0 Å². The third-order valence-corrected chi connectivity index (χ3v) is 3.40. The van der Waals surface area contributed by atoms with Crippen LogP contribution in [-0.2, 0) is 11.2 Å². The lowest BCUT2D eigenvalue weighted by Crippen LogP contribution is -2.09. The van der Waals surface area contributed by atoms with Crippen molar-refractivity contribution in [1.29, 1.82) is 0 Å². The van der Waals surface area contributed by atoms with Gasteiger partial charge in [-0.1, -0.05) is 0 Å². The zero-order chi connectivity index (χ0) is 11.1. The fourth-order valence-electron chi connectivity index (χ4n) is 2.59. The highest BCUT2D eigenvalue weighted by atomic mass is 16.5. The number of aromatic nitrogens is 1. The van der Waals surface area contributed by atoms with Crippen LogP contribution in [0.5, 0.6) is 5.88 Å². The third-order valence-electron chi connectivity index (χ3n) is 3.40. The van der Waals surface area contributed by atoms with Gasteiger partial charge in [0.2, 0.25) is 5.88 Å². The number of hydrogen-bond donors (Lipinski definition) is 0. The first-order chi connectivity index (χ1) is 7.78. The van der Waals surface area contributed by atoms with Crippen LogP contribution in [0, 0.1) is 5.92 Å². The van der Waals surface area contributed by atoms with Crippen molar-refractivity contribution in [3.63, 3.8) is 0 Å². The van der Waals surface area contributed by atoms with E-state index < -0.39 is 0 Å². The number of pyridine rings is 1. The number of ether oxygens (including phenoxy) is 1. The van der Waals surface area contributed by atoms with Crippen LogP contribution in [0.3, 0.4) is 0 Å². The highest BCUT2D eigenvalue weighted by Crippen LogP contribution is 2.41. The fourth-order valence-corrected chi connectivity index (χ4v) is 2.59. The summed E-state index contributed by atoms with van der Waals surface area (Å²) in [5, 5.41) is 0. The maximum atomic E-state index is 11.4. The molecule has 0 spiro atoms. The average molecular weight is 215 g/mol. The van der Waals surface area contributed by atoms with Crippen LogP contribution in [0.4, 0.5) is 0 Å². The molecule has 2 aliphatic carbocycles. The molecule has 1 heterocycles. The molecule has 3 nitrogen and oxygen atoms in total. The largest absolute Gasteiger partial charge is 0.481 e. The minimum absolute atomic E-state index is 0.245. The van der Waals surface area contributed by atoms with Gasteiger partial charge in [0, 0.05) is 12.5 Å². The van der Waals surface area contributed by atoms with Gasteiger partial charge in [0.05, 0.1) is 12.8 Å². The topological polar surface area (TPSA) is 39.2 Å². The summed E-state index contributed by atoms with van der Waals surface area (Å²) < 4.78 is 5.12. The Kier molecular flexibility index (Phi) is 2.06. The van der Waals surface area contributed by atoms with Crippen molar-refractivity contribution in [1.82, 2.24) is 4.98 Å². The van der Waals surface area contributed by atoms with E-state index in [1.54, 1.807) is 13.2 Å². The first-order valence-corrected chi connectivity index (χ1v) is 5.56. The second-order valence-electron chi connectivity index (χ2n) is 4.35. The van der Waals surface area contributed by atoms with E-state index >= 15 is 0 Å². The number of ketones is 1. The Bertz CT molecular complexity index is 491. The van der Waals surface area contributed by atoms with Crippen LogP contribution < -0.4 is 4.74 Å². The summed E-state index contributed by atoms with van der Waals surface area (Å²) in [4.78, 5) is 15.9. The molecule has 0 aromatic carbocycles. The van der Waals surface area contributed by atoms with Crippen LogP contribution in [-0.4, -0.2) is 17.9 Å². The molecule has 0 fully saturated rings. The molecule has 0 saturated carbocycles. The number of allylic oxidation sites excluding steroid dienone is 2. The first kappa shape index (κ1) is 9.58. The van der Waals surface area contributed by atoms with Crippen molar-refractivity contribution in [2.75, 3.05) is 7.11 Å². The van der Waals surface area contributed by atoms with Gasteiger partial charge in [-0.15, -0.1) is 0 Å². The molecule has 82 valence electrons. The Morgan fingerprint density at radius 2 is 2.31 bits per heavy atom. The Morgan fingerprint density at radius 3 is 3.12 bits per heavy atom. The van der Waals surface area contributed by atoms with Crippen molar-refractivity contribution in [2.24, 2.45) is 5.92 Å². The second kappa shape index (κ2) is 3.44. The van der Waals surface area contributed by atoms with Crippen LogP contribution in [0.15, 0.2) is 18.2 Å². The van der Waals surface area contributed by atoms with Gasteiger partial charge < -0.3 is 4.74 Å². The summed E-state index contributed by atoms with van der Waals surface area (Å²) in [5.74, 6) is 1.39. The van der Waals surface area contributed by atoms with Crippen molar-refractivity contribution in [3.8, 4) is 5.88 Å². The quantitative estimate of drug-likeness (QED) is 0.719. The van der Waals surface area contributed by atoms with E-state index in [9.17, 15) is 4.79 Å². The van der Waals surface area contributed by atoms with Gasteiger partial charge >= 0.3 is 0 Å². The molecule has 1 unspecified atom stereocenters. The van der Waals surface area contributed by atoms with Crippen LogP contribution in [0.1, 0.15) is 24.1 Å².